The first kappa shape index (κ1) is 28.4. The first-order valence-corrected chi connectivity index (χ1v) is 13.1. The van der Waals surface area contributed by atoms with E-state index in [1.165, 1.54) is 17.0 Å². The number of rotatable bonds is 12. The van der Waals surface area contributed by atoms with Gasteiger partial charge in [0.15, 0.2) is 0 Å². The van der Waals surface area contributed by atoms with Gasteiger partial charge in [0.25, 0.3) is 0 Å². The minimum atomic E-state index is -1.17. The zero-order valence-electron chi connectivity index (χ0n) is 20.4. The second-order valence-electron chi connectivity index (χ2n) is 9.08. The van der Waals surface area contributed by atoms with Gasteiger partial charge in [-0.2, -0.15) is 11.8 Å². The van der Waals surface area contributed by atoms with Gasteiger partial charge in [0.2, 0.25) is 17.7 Å². The molecule has 194 valence electrons. The van der Waals surface area contributed by atoms with Crippen LogP contribution in [0, 0.1) is 5.92 Å². The van der Waals surface area contributed by atoms with Crippen molar-refractivity contribution in [3.05, 3.63) is 29.8 Å². The Morgan fingerprint density at radius 1 is 1.17 bits per heavy atom. The Morgan fingerprint density at radius 2 is 1.83 bits per heavy atom. The van der Waals surface area contributed by atoms with Gasteiger partial charge >= 0.3 is 5.97 Å². The van der Waals surface area contributed by atoms with Gasteiger partial charge in [0, 0.05) is 13.0 Å². The summed E-state index contributed by atoms with van der Waals surface area (Å²) in [6.07, 6.45) is 3.60. The van der Waals surface area contributed by atoms with Crippen LogP contribution in [-0.2, 0) is 25.6 Å². The molecule has 4 unspecified atom stereocenters. The third kappa shape index (κ3) is 8.14. The molecule has 0 spiro atoms. The zero-order chi connectivity index (χ0) is 26.1. The summed E-state index contributed by atoms with van der Waals surface area (Å²) in [5.74, 6) is -2.16. The Kier molecular flexibility index (Phi) is 10.8. The number of phenols is 1. The van der Waals surface area contributed by atoms with Crippen molar-refractivity contribution in [3.63, 3.8) is 0 Å². The number of likely N-dealkylation sites (tertiary alicyclic amines) is 1. The summed E-state index contributed by atoms with van der Waals surface area (Å²) in [5.41, 5.74) is 6.71. The monoisotopic (exact) mass is 508 g/mol. The minimum Gasteiger partial charge on any atom is -0.508 e. The highest BCUT2D eigenvalue weighted by molar-refractivity contribution is 7.98. The van der Waals surface area contributed by atoms with Crippen LogP contribution >= 0.6 is 11.8 Å². The summed E-state index contributed by atoms with van der Waals surface area (Å²) >= 11 is 1.59. The second-order valence-corrected chi connectivity index (χ2v) is 10.1. The lowest BCUT2D eigenvalue weighted by Crippen LogP contribution is -2.57. The highest BCUT2D eigenvalue weighted by Crippen LogP contribution is 2.20. The van der Waals surface area contributed by atoms with E-state index in [1.807, 2.05) is 6.26 Å². The molecule has 2 rings (SSSR count). The van der Waals surface area contributed by atoms with E-state index in [0.717, 1.165) is 5.75 Å². The number of nitrogens with two attached hydrogens (primary N) is 1. The largest absolute Gasteiger partial charge is 0.508 e. The van der Waals surface area contributed by atoms with Crippen molar-refractivity contribution < 1.29 is 29.4 Å². The van der Waals surface area contributed by atoms with Crippen LogP contribution in [0.25, 0.3) is 0 Å². The SMILES string of the molecule is CSCCC(N)C(=O)N1CCCC1C(=O)NC(Cc1ccc(O)cc1)C(=O)NC(C(=O)O)C(C)C. The number of carbonyl (C=O) groups is 4. The molecule has 1 heterocycles. The molecule has 1 aromatic rings. The molecule has 1 saturated heterocycles. The number of carboxylic acids is 1. The second kappa shape index (κ2) is 13.3. The highest BCUT2D eigenvalue weighted by Gasteiger charge is 2.38. The number of carboxylic acid groups (broad SMARTS) is 1. The van der Waals surface area contributed by atoms with E-state index in [-0.39, 0.29) is 24.0 Å². The van der Waals surface area contributed by atoms with Crippen LogP contribution < -0.4 is 16.4 Å². The van der Waals surface area contributed by atoms with Crippen molar-refractivity contribution in [2.24, 2.45) is 11.7 Å². The van der Waals surface area contributed by atoms with E-state index in [1.54, 1.807) is 37.7 Å². The first-order valence-electron chi connectivity index (χ1n) is 11.7. The Morgan fingerprint density at radius 3 is 2.40 bits per heavy atom. The van der Waals surface area contributed by atoms with Crippen LogP contribution in [0.2, 0.25) is 0 Å². The summed E-state index contributed by atoms with van der Waals surface area (Å²) in [6.45, 7) is 3.76. The van der Waals surface area contributed by atoms with E-state index in [4.69, 9.17) is 5.73 Å². The quantitative estimate of drug-likeness (QED) is 0.276. The molecule has 11 heteroatoms. The van der Waals surface area contributed by atoms with Crippen molar-refractivity contribution in [2.75, 3.05) is 18.6 Å². The van der Waals surface area contributed by atoms with E-state index in [0.29, 0.717) is 31.4 Å². The molecule has 1 fully saturated rings. The van der Waals surface area contributed by atoms with Crippen LogP contribution in [0.4, 0.5) is 0 Å². The van der Waals surface area contributed by atoms with Gasteiger partial charge in [-0.15, -0.1) is 0 Å². The number of hydrogen-bond acceptors (Lipinski definition) is 7. The summed E-state index contributed by atoms with van der Waals surface area (Å²) in [7, 11) is 0. The molecular formula is C24H36N4O6S. The smallest absolute Gasteiger partial charge is 0.326 e. The Balaban J connectivity index is 2.19. The normalized spacial score (nSPS) is 18.1. The standard InChI is InChI=1S/C24H36N4O6S/c1-14(2)20(24(33)34)27-21(30)18(13-15-6-8-16(29)9-7-15)26-22(31)19-5-4-11-28(19)23(32)17(25)10-12-35-3/h6-9,14,17-20,29H,4-5,10-13,25H2,1-3H3,(H,26,31)(H,27,30)(H,33,34). The van der Waals surface area contributed by atoms with Gasteiger partial charge in [-0.1, -0.05) is 26.0 Å². The number of amides is 3. The number of nitrogens with zero attached hydrogens (tertiary/aromatic N) is 1. The number of thioether (sulfide) groups is 1. The van der Waals surface area contributed by atoms with Crippen molar-refractivity contribution in [2.45, 2.75) is 63.7 Å². The lowest BCUT2D eigenvalue weighted by atomic mass is 10.0. The topological polar surface area (TPSA) is 162 Å². The summed E-state index contributed by atoms with van der Waals surface area (Å²) < 4.78 is 0. The molecule has 0 aliphatic carbocycles. The molecule has 1 aliphatic rings. The van der Waals surface area contributed by atoms with E-state index >= 15 is 0 Å². The Labute approximate surface area is 210 Å². The molecule has 10 nitrogen and oxygen atoms in total. The Bertz CT molecular complexity index is 895. The number of phenolic OH excluding ortho intramolecular Hbond substituents is 1. The number of nitrogens with one attached hydrogen (secondary N) is 2. The molecule has 1 aliphatic heterocycles. The summed E-state index contributed by atoms with van der Waals surface area (Å²) in [6, 6.07) is 2.52. The van der Waals surface area contributed by atoms with Crippen LogP contribution in [-0.4, -0.2) is 81.5 Å². The number of aliphatic carboxylic acids is 1. The van der Waals surface area contributed by atoms with Gasteiger partial charge in [0.05, 0.1) is 6.04 Å². The number of carbonyl (C=O) groups excluding carboxylic acids is 3. The predicted molar refractivity (Wildman–Crippen MR) is 134 cm³/mol. The maximum Gasteiger partial charge on any atom is 0.326 e. The van der Waals surface area contributed by atoms with Crippen molar-refractivity contribution in [1.82, 2.24) is 15.5 Å². The fourth-order valence-corrected chi connectivity index (χ4v) is 4.49. The third-order valence-corrected chi connectivity index (χ3v) is 6.67. The molecule has 3 amide bonds. The van der Waals surface area contributed by atoms with Gasteiger partial charge < -0.3 is 31.5 Å². The lowest BCUT2D eigenvalue weighted by molar-refractivity contribution is -0.144. The van der Waals surface area contributed by atoms with Crippen LogP contribution in [0.15, 0.2) is 24.3 Å². The van der Waals surface area contributed by atoms with Gasteiger partial charge in [0.1, 0.15) is 23.9 Å². The predicted octanol–water partition coefficient (Wildman–Crippen LogP) is 0.716. The van der Waals surface area contributed by atoms with Gasteiger partial charge in [-0.25, -0.2) is 4.79 Å². The maximum absolute atomic E-state index is 13.2. The highest BCUT2D eigenvalue weighted by atomic mass is 32.2. The molecular weight excluding hydrogens is 472 g/mol. The van der Waals surface area contributed by atoms with Crippen LogP contribution in [0.1, 0.15) is 38.7 Å². The van der Waals surface area contributed by atoms with Gasteiger partial charge in [-0.3, -0.25) is 14.4 Å². The van der Waals surface area contributed by atoms with Gasteiger partial charge in [-0.05, 0) is 54.9 Å². The number of aromatic hydroxyl groups is 1. The maximum atomic E-state index is 13.2. The van der Waals surface area contributed by atoms with E-state index < -0.39 is 42.0 Å². The zero-order valence-corrected chi connectivity index (χ0v) is 21.2. The molecule has 0 bridgehead atoms. The first-order chi connectivity index (χ1) is 16.5. The number of hydrogen-bond donors (Lipinski definition) is 5. The average Bonchev–Trinajstić information content (AvgIpc) is 3.30. The third-order valence-electron chi connectivity index (χ3n) is 6.03. The van der Waals surface area contributed by atoms with Crippen molar-refractivity contribution in [1.29, 1.82) is 0 Å². The van der Waals surface area contributed by atoms with Crippen LogP contribution in [0.5, 0.6) is 5.75 Å². The van der Waals surface area contributed by atoms with E-state index in [9.17, 15) is 29.4 Å². The Hall–Kier alpha value is -2.79. The number of benzene rings is 1. The fraction of sp³-hybridized carbons (Fsp3) is 0.583. The molecule has 0 radical (unpaired) electrons. The molecule has 0 aromatic heterocycles. The van der Waals surface area contributed by atoms with Crippen molar-refractivity contribution in [3.8, 4) is 5.75 Å². The molecule has 35 heavy (non-hydrogen) atoms. The minimum absolute atomic E-state index is 0.0578. The lowest BCUT2D eigenvalue weighted by Gasteiger charge is -2.29. The molecule has 6 N–H and O–H groups in total. The van der Waals surface area contributed by atoms with Crippen molar-refractivity contribution >= 4 is 35.5 Å². The summed E-state index contributed by atoms with van der Waals surface area (Å²) in [5, 5.41) is 24.3. The van der Waals surface area contributed by atoms with E-state index in [2.05, 4.69) is 10.6 Å². The molecule has 1 aromatic carbocycles. The molecule has 0 saturated carbocycles. The molecule has 4 atom stereocenters. The summed E-state index contributed by atoms with van der Waals surface area (Å²) in [4.78, 5) is 52.2. The fourth-order valence-electron chi connectivity index (χ4n) is 4.00. The average molecular weight is 509 g/mol. The van der Waals surface area contributed by atoms with Crippen LogP contribution in [0.3, 0.4) is 0 Å².